The fraction of sp³-hybridized carbons (Fsp3) is 0.643. The molecule has 1 unspecified atom stereocenters. The molecular weight excluding hydrogens is 256 g/mol. The lowest BCUT2D eigenvalue weighted by Gasteiger charge is -2.27. The van der Waals surface area contributed by atoms with Gasteiger partial charge in [-0.25, -0.2) is 0 Å². The molecule has 0 bridgehead atoms. The van der Waals surface area contributed by atoms with Gasteiger partial charge in [0.15, 0.2) is 0 Å². The van der Waals surface area contributed by atoms with E-state index in [4.69, 9.17) is 0 Å². The minimum absolute atomic E-state index is 0.0353. The van der Waals surface area contributed by atoms with Gasteiger partial charge in [0.2, 0.25) is 11.8 Å². The van der Waals surface area contributed by atoms with Gasteiger partial charge in [0.25, 0.3) is 0 Å². The number of carbonyl (C=O) groups is 2. The number of hydrogen-bond donors (Lipinski definition) is 1. The first kappa shape index (κ1) is 14.6. The van der Waals surface area contributed by atoms with Gasteiger partial charge in [-0.05, 0) is 12.8 Å². The highest BCUT2D eigenvalue weighted by atomic mass is 16.2. The molecule has 0 aromatic carbocycles. The van der Waals surface area contributed by atoms with E-state index in [-0.39, 0.29) is 17.7 Å². The number of hydrogen-bond acceptors (Lipinski definition) is 3. The number of aryl methyl sites for hydroxylation is 2. The van der Waals surface area contributed by atoms with Crippen LogP contribution in [0.3, 0.4) is 0 Å². The van der Waals surface area contributed by atoms with Gasteiger partial charge in [-0.3, -0.25) is 14.3 Å². The van der Waals surface area contributed by atoms with Crippen LogP contribution in [0.4, 0.5) is 5.82 Å². The normalized spacial score (nSPS) is 19.2. The molecular formula is C14H22N4O2. The Hall–Kier alpha value is -1.85. The predicted octanol–water partition coefficient (Wildman–Crippen LogP) is 1.18. The van der Waals surface area contributed by atoms with Gasteiger partial charge < -0.3 is 10.2 Å². The zero-order valence-electron chi connectivity index (χ0n) is 12.3. The van der Waals surface area contributed by atoms with Crippen LogP contribution in [-0.2, 0) is 23.1 Å². The van der Waals surface area contributed by atoms with Crippen LogP contribution in [-0.4, -0.2) is 40.1 Å². The molecule has 1 aliphatic rings. The molecule has 0 radical (unpaired) electrons. The Kier molecular flexibility index (Phi) is 4.42. The molecule has 20 heavy (non-hydrogen) atoms. The quantitative estimate of drug-likeness (QED) is 0.899. The monoisotopic (exact) mass is 278 g/mol. The minimum Gasteiger partial charge on any atom is -0.346 e. The maximum Gasteiger partial charge on any atom is 0.229 e. The lowest BCUT2D eigenvalue weighted by molar-refractivity contribution is -0.137. The molecule has 2 heterocycles. The summed E-state index contributed by atoms with van der Waals surface area (Å²) < 4.78 is 1.68. The van der Waals surface area contributed by atoms with Crippen molar-refractivity contribution in [2.75, 3.05) is 18.9 Å². The van der Waals surface area contributed by atoms with Crippen molar-refractivity contribution in [2.24, 2.45) is 13.0 Å². The highest BCUT2D eigenvalue weighted by molar-refractivity contribution is 5.95. The SMILES string of the molecule is CCCc1cc(NC(=O)C2CCN(C)C(=O)C2)n(C)n1. The Morgan fingerprint density at radius 3 is 2.90 bits per heavy atom. The lowest BCUT2D eigenvalue weighted by Crippen LogP contribution is -2.40. The topological polar surface area (TPSA) is 67.2 Å². The number of rotatable bonds is 4. The first-order chi connectivity index (χ1) is 9.51. The van der Waals surface area contributed by atoms with Crippen molar-refractivity contribution in [3.63, 3.8) is 0 Å². The van der Waals surface area contributed by atoms with Crippen LogP contribution in [0.15, 0.2) is 6.07 Å². The molecule has 0 aliphatic carbocycles. The van der Waals surface area contributed by atoms with Gasteiger partial charge >= 0.3 is 0 Å². The molecule has 1 N–H and O–H groups in total. The molecule has 6 heteroatoms. The van der Waals surface area contributed by atoms with Crippen molar-refractivity contribution < 1.29 is 9.59 Å². The van der Waals surface area contributed by atoms with Crippen LogP contribution in [0.25, 0.3) is 0 Å². The smallest absolute Gasteiger partial charge is 0.229 e. The third-order valence-corrected chi connectivity index (χ3v) is 3.72. The maximum absolute atomic E-state index is 12.2. The number of anilines is 1. The van der Waals surface area contributed by atoms with Gasteiger partial charge in [0.1, 0.15) is 5.82 Å². The molecule has 2 amide bonds. The largest absolute Gasteiger partial charge is 0.346 e. The van der Waals surface area contributed by atoms with Gasteiger partial charge in [-0.2, -0.15) is 5.10 Å². The van der Waals surface area contributed by atoms with E-state index in [1.54, 1.807) is 16.6 Å². The van der Waals surface area contributed by atoms with Crippen LogP contribution in [0.5, 0.6) is 0 Å². The Morgan fingerprint density at radius 1 is 1.50 bits per heavy atom. The average Bonchev–Trinajstić information content (AvgIpc) is 2.73. The third-order valence-electron chi connectivity index (χ3n) is 3.72. The molecule has 1 aliphatic heterocycles. The molecule has 1 saturated heterocycles. The second-order valence-electron chi connectivity index (χ2n) is 5.39. The van der Waals surface area contributed by atoms with E-state index in [9.17, 15) is 9.59 Å². The van der Waals surface area contributed by atoms with Gasteiger partial charge in [-0.1, -0.05) is 13.3 Å². The molecule has 110 valence electrons. The zero-order chi connectivity index (χ0) is 14.7. The summed E-state index contributed by atoms with van der Waals surface area (Å²) in [6.45, 7) is 2.74. The van der Waals surface area contributed by atoms with Crippen molar-refractivity contribution in [3.05, 3.63) is 11.8 Å². The number of amides is 2. The van der Waals surface area contributed by atoms with E-state index >= 15 is 0 Å². The summed E-state index contributed by atoms with van der Waals surface area (Å²) in [5.41, 5.74) is 0.977. The van der Waals surface area contributed by atoms with Gasteiger partial charge in [0.05, 0.1) is 5.69 Å². The van der Waals surface area contributed by atoms with Crippen molar-refractivity contribution in [2.45, 2.75) is 32.6 Å². The molecule has 0 saturated carbocycles. The Balaban J connectivity index is 1.99. The minimum atomic E-state index is -0.233. The van der Waals surface area contributed by atoms with E-state index in [2.05, 4.69) is 17.3 Å². The highest BCUT2D eigenvalue weighted by Gasteiger charge is 2.29. The van der Waals surface area contributed by atoms with E-state index in [1.165, 1.54) is 0 Å². The Morgan fingerprint density at radius 2 is 2.25 bits per heavy atom. The summed E-state index contributed by atoms with van der Waals surface area (Å²) in [4.78, 5) is 25.5. The van der Waals surface area contributed by atoms with Crippen LogP contribution in [0, 0.1) is 5.92 Å². The molecule has 1 aromatic heterocycles. The van der Waals surface area contributed by atoms with Gasteiger partial charge in [0, 0.05) is 39.0 Å². The first-order valence-corrected chi connectivity index (χ1v) is 7.09. The maximum atomic E-state index is 12.2. The van der Waals surface area contributed by atoms with Crippen molar-refractivity contribution in [1.29, 1.82) is 0 Å². The van der Waals surface area contributed by atoms with Crippen LogP contribution >= 0.6 is 0 Å². The van der Waals surface area contributed by atoms with Crippen LogP contribution < -0.4 is 5.32 Å². The Labute approximate surface area is 119 Å². The number of nitrogens with one attached hydrogen (secondary N) is 1. The van der Waals surface area contributed by atoms with E-state index in [0.29, 0.717) is 25.2 Å². The summed E-state index contributed by atoms with van der Waals surface area (Å²) >= 11 is 0. The number of likely N-dealkylation sites (tertiary alicyclic amines) is 1. The fourth-order valence-corrected chi connectivity index (χ4v) is 2.42. The lowest BCUT2D eigenvalue weighted by atomic mass is 9.96. The second kappa shape index (κ2) is 6.07. The van der Waals surface area contributed by atoms with Crippen LogP contribution in [0.1, 0.15) is 31.9 Å². The van der Waals surface area contributed by atoms with Crippen LogP contribution in [0.2, 0.25) is 0 Å². The number of nitrogens with zero attached hydrogens (tertiary/aromatic N) is 3. The van der Waals surface area contributed by atoms with Gasteiger partial charge in [-0.15, -0.1) is 0 Å². The highest BCUT2D eigenvalue weighted by Crippen LogP contribution is 2.20. The summed E-state index contributed by atoms with van der Waals surface area (Å²) in [7, 11) is 3.59. The molecule has 1 atom stereocenters. The standard InChI is InChI=1S/C14H22N4O2/c1-4-5-11-9-12(18(3)16-11)15-14(20)10-6-7-17(2)13(19)8-10/h9-10H,4-8H2,1-3H3,(H,15,20). The summed E-state index contributed by atoms with van der Waals surface area (Å²) in [6.07, 6.45) is 2.93. The zero-order valence-corrected chi connectivity index (χ0v) is 12.3. The average molecular weight is 278 g/mol. The van der Waals surface area contributed by atoms with E-state index in [1.807, 2.05) is 13.1 Å². The molecule has 2 rings (SSSR count). The molecule has 1 fully saturated rings. The number of aromatic nitrogens is 2. The van der Waals surface area contributed by atoms with Crippen molar-refractivity contribution in [1.82, 2.24) is 14.7 Å². The molecule has 6 nitrogen and oxygen atoms in total. The number of piperidine rings is 1. The first-order valence-electron chi connectivity index (χ1n) is 7.09. The summed E-state index contributed by atoms with van der Waals surface area (Å²) in [5.74, 6) is 0.415. The fourth-order valence-electron chi connectivity index (χ4n) is 2.42. The van der Waals surface area contributed by atoms with Crippen molar-refractivity contribution >= 4 is 17.6 Å². The summed E-state index contributed by atoms with van der Waals surface area (Å²) in [5, 5.41) is 7.24. The van der Waals surface area contributed by atoms with E-state index in [0.717, 1.165) is 18.5 Å². The number of carbonyl (C=O) groups excluding carboxylic acids is 2. The Bertz CT molecular complexity index is 509. The molecule has 0 spiro atoms. The van der Waals surface area contributed by atoms with Crippen molar-refractivity contribution in [3.8, 4) is 0 Å². The molecule has 1 aromatic rings. The van der Waals surface area contributed by atoms with E-state index < -0.39 is 0 Å². The summed E-state index contributed by atoms with van der Waals surface area (Å²) in [6, 6.07) is 1.90. The third kappa shape index (κ3) is 3.18. The predicted molar refractivity (Wildman–Crippen MR) is 76.2 cm³/mol. The second-order valence-corrected chi connectivity index (χ2v) is 5.39.